The number of hydrogen-bond acceptors (Lipinski definition) is 3. The van der Waals surface area contributed by atoms with E-state index in [0.29, 0.717) is 6.61 Å². The van der Waals surface area contributed by atoms with Crippen LogP contribution in [0.1, 0.15) is 23.1 Å². The Kier molecular flexibility index (Phi) is 8.41. The van der Waals surface area contributed by atoms with Gasteiger partial charge in [-0.3, -0.25) is 0 Å². The van der Waals surface area contributed by atoms with Crippen LogP contribution in [0, 0.1) is 0 Å². The zero-order valence-corrected chi connectivity index (χ0v) is 19.0. The first-order valence-electron chi connectivity index (χ1n) is 11.6. The van der Waals surface area contributed by atoms with E-state index in [0.717, 1.165) is 49.6 Å². The third kappa shape index (κ3) is 7.73. The fraction of sp³-hybridized carbons (Fsp3) is 0.200. The number of ether oxygens (including phenoxy) is 2. The Morgan fingerprint density at radius 3 is 1.88 bits per heavy atom. The lowest BCUT2D eigenvalue weighted by Gasteiger charge is -2.11. The van der Waals surface area contributed by atoms with Crippen molar-refractivity contribution in [3.63, 3.8) is 0 Å². The molecular weight excluding hydrogens is 406 g/mol. The highest BCUT2D eigenvalue weighted by Gasteiger charge is 2.00. The fourth-order valence-electron chi connectivity index (χ4n) is 3.66. The van der Waals surface area contributed by atoms with Crippen molar-refractivity contribution >= 4 is 5.69 Å². The molecule has 0 saturated carbocycles. The van der Waals surface area contributed by atoms with Crippen molar-refractivity contribution in [2.45, 2.75) is 25.8 Å². The van der Waals surface area contributed by atoms with Crippen molar-refractivity contribution in [1.29, 1.82) is 0 Å². The normalized spacial score (nSPS) is 10.5. The summed E-state index contributed by atoms with van der Waals surface area (Å²) in [4.78, 5) is 0. The summed E-state index contributed by atoms with van der Waals surface area (Å²) in [5, 5.41) is 3.47. The van der Waals surface area contributed by atoms with Gasteiger partial charge in [0.15, 0.2) is 0 Å². The summed E-state index contributed by atoms with van der Waals surface area (Å²) >= 11 is 0. The van der Waals surface area contributed by atoms with Gasteiger partial charge in [-0.1, -0.05) is 72.8 Å². The van der Waals surface area contributed by atoms with Gasteiger partial charge in [0.05, 0.1) is 13.2 Å². The van der Waals surface area contributed by atoms with Crippen LogP contribution in [0.25, 0.3) is 0 Å². The summed E-state index contributed by atoms with van der Waals surface area (Å²) in [7, 11) is 0. The lowest BCUT2D eigenvalue weighted by molar-refractivity contribution is 0.311. The van der Waals surface area contributed by atoms with E-state index < -0.39 is 0 Å². The molecule has 3 nitrogen and oxygen atoms in total. The van der Waals surface area contributed by atoms with Gasteiger partial charge in [-0.25, -0.2) is 0 Å². The average molecular weight is 438 g/mol. The highest BCUT2D eigenvalue weighted by Crippen LogP contribution is 2.19. The lowest BCUT2D eigenvalue weighted by Crippen LogP contribution is -2.03. The summed E-state index contributed by atoms with van der Waals surface area (Å²) < 4.78 is 11.8. The van der Waals surface area contributed by atoms with Crippen LogP contribution >= 0.6 is 0 Å². The molecule has 1 N–H and O–H groups in total. The van der Waals surface area contributed by atoms with E-state index in [2.05, 4.69) is 78.1 Å². The van der Waals surface area contributed by atoms with Crippen LogP contribution in [0.2, 0.25) is 0 Å². The van der Waals surface area contributed by atoms with Gasteiger partial charge in [0.25, 0.3) is 0 Å². The molecule has 4 aromatic carbocycles. The summed E-state index contributed by atoms with van der Waals surface area (Å²) in [5.74, 6) is 1.81. The monoisotopic (exact) mass is 437 g/mol. The number of nitrogens with one attached hydrogen (secondary N) is 1. The molecule has 0 radical (unpaired) electrons. The minimum absolute atomic E-state index is 0.674. The second-order valence-electron chi connectivity index (χ2n) is 8.05. The van der Waals surface area contributed by atoms with Crippen molar-refractivity contribution in [1.82, 2.24) is 0 Å². The second kappa shape index (κ2) is 12.4. The zero-order valence-electron chi connectivity index (χ0n) is 19.0. The van der Waals surface area contributed by atoms with E-state index >= 15 is 0 Å². The predicted molar refractivity (Wildman–Crippen MR) is 136 cm³/mol. The Hall–Kier alpha value is -3.72. The number of aryl methyl sites for hydroxylation is 1. The molecule has 0 unspecified atom stereocenters. The molecule has 168 valence electrons. The highest BCUT2D eigenvalue weighted by atomic mass is 16.5. The van der Waals surface area contributed by atoms with Gasteiger partial charge in [0.1, 0.15) is 11.5 Å². The van der Waals surface area contributed by atoms with Gasteiger partial charge in [-0.15, -0.1) is 0 Å². The topological polar surface area (TPSA) is 30.5 Å². The smallest absolute Gasteiger partial charge is 0.119 e. The number of anilines is 1. The van der Waals surface area contributed by atoms with Crippen LogP contribution in [0.4, 0.5) is 5.69 Å². The van der Waals surface area contributed by atoms with Gasteiger partial charge in [0, 0.05) is 18.7 Å². The quantitative estimate of drug-likeness (QED) is 0.244. The second-order valence-corrected chi connectivity index (χ2v) is 8.05. The van der Waals surface area contributed by atoms with Crippen molar-refractivity contribution in [2.75, 3.05) is 18.5 Å². The van der Waals surface area contributed by atoms with Gasteiger partial charge in [-0.05, 0) is 65.9 Å². The molecule has 4 rings (SSSR count). The molecule has 0 atom stereocenters. The maximum atomic E-state index is 5.95. The van der Waals surface area contributed by atoms with Gasteiger partial charge >= 0.3 is 0 Å². The summed E-state index contributed by atoms with van der Waals surface area (Å²) in [6, 6.07) is 37.4. The van der Waals surface area contributed by atoms with Crippen LogP contribution in [-0.4, -0.2) is 13.2 Å². The molecule has 0 fully saturated rings. The van der Waals surface area contributed by atoms with Crippen molar-refractivity contribution in [3.05, 3.63) is 126 Å². The van der Waals surface area contributed by atoms with Crippen LogP contribution in [-0.2, 0) is 19.4 Å². The maximum Gasteiger partial charge on any atom is 0.119 e. The lowest BCUT2D eigenvalue weighted by atomic mass is 10.1. The van der Waals surface area contributed by atoms with Crippen molar-refractivity contribution in [2.24, 2.45) is 0 Å². The van der Waals surface area contributed by atoms with Crippen LogP contribution < -0.4 is 14.8 Å². The van der Waals surface area contributed by atoms with Crippen molar-refractivity contribution < 1.29 is 9.47 Å². The molecule has 4 aromatic rings. The number of hydrogen-bond donors (Lipinski definition) is 1. The summed E-state index contributed by atoms with van der Waals surface area (Å²) in [6.07, 6.45) is 2.95. The van der Waals surface area contributed by atoms with Crippen LogP contribution in [0.5, 0.6) is 11.5 Å². The number of benzene rings is 4. The van der Waals surface area contributed by atoms with E-state index in [1.54, 1.807) is 0 Å². The van der Waals surface area contributed by atoms with E-state index in [1.807, 2.05) is 36.4 Å². The Labute approximate surface area is 197 Å². The Morgan fingerprint density at radius 1 is 0.515 bits per heavy atom. The predicted octanol–water partition coefficient (Wildman–Crippen LogP) is 6.93. The average Bonchev–Trinajstić information content (AvgIpc) is 2.88. The first kappa shape index (κ1) is 22.5. The zero-order chi connectivity index (χ0) is 22.6. The summed E-state index contributed by atoms with van der Waals surface area (Å²) in [5.41, 5.74) is 4.90. The molecule has 0 aliphatic heterocycles. The molecule has 0 aliphatic rings. The molecule has 0 heterocycles. The minimum Gasteiger partial charge on any atom is -0.494 e. The van der Waals surface area contributed by atoms with E-state index in [-0.39, 0.29) is 0 Å². The first-order valence-corrected chi connectivity index (χ1v) is 11.6. The fourth-order valence-corrected chi connectivity index (χ4v) is 3.66. The van der Waals surface area contributed by atoms with Gasteiger partial charge in [0.2, 0.25) is 0 Å². The van der Waals surface area contributed by atoms with E-state index in [1.165, 1.54) is 16.7 Å². The SMILES string of the molecule is c1ccc(CCCOc2ccc(NCc3cccc(OCCc4ccccc4)c3)cc2)cc1. The number of rotatable bonds is 12. The minimum atomic E-state index is 0.674. The van der Waals surface area contributed by atoms with E-state index in [4.69, 9.17) is 9.47 Å². The molecule has 0 spiro atoms. The van der Waals surface area contributed by atoms with Gasteiger partial charge in [-0.2, -0.15) is 0 Å². The third-order valence-electron chi connectivity index (χ3n) is 5.47. The molecule has 0 saturated heterocycles. The molecule has 0 bridgehead atoms. The highest BCUT2D eigenvalue weighted by molar-refractivity contribution is 5.47. The van der Waals surface area contributed by atoms with Crippen molar-refractivity contribution in [3.8, 4) is 11.5 Å². The summed E-state index contributed by atoms with van der Waals surface area (Å²) in [6.45, 7) is 2.14. The van der Waals surface area contributed by atoms with Gasteiger partial charge < -0.3 is 14.8 Å². The molecule has 33 heavy (non-hydrogen) atoms. The van der Waals surface area contributed by atoms with E-state index in [9.17, 15) is 0 Å². The first-order chi connectivity index (χ1) is 16.3. The molecule has 0 aliphatic carbocycles. The third-order valence-corrected chi connectivity index (χ3v) is 5.47. The maximum absolute atomic E-state index is 5.95. The molecular formula is C30H31NO2. The Balaban J connectivity index is 1.17. The Morgan fingerprint density at radius 2 is 1.15 bits per heavy atom. The van der Waals surface area contributed by atoms with Crippen LogP contribution in [0.3, 0.4) is 0 Å². The standard InChI is InChI=1S/C30H31NO2/c1-3-9-25(10-4-1)14-8-21-32-29-18-16-28(17-19-29)31-24-27-13-7-15-30(23-27)33-22-20-26-11-5-2-6-12-26/h1-7,9-13,15-19,23,31H,8,14,20-22,24H2. The Bertz CT molecular complexity index is 1080. The molecule has 0 amide bonds. The van der Waals surface area contributed by atoms with Crippen LogP contribution in [0.15, 0.2) is 109 Å². The molecule has 0 aromatic heterocycles. The largest absolute Gasteiger partial charge is 0.494 e. The molecule has 3 heteroatoms.